The van der Waals surface area contributed by atoms with Gasteiger partial charge in [-0.1, -0.05) is 6.07 Å². The number of hydrogen-bond acceptors (Lipinski definition) is 1. The van der Waals surface area contributed by atoms with Gasteiger partial charge in [-0.25, -0.2) is 4.39 Å². The third-order valence-corrected chi connectivity index (χ3v) is 1.58. The minimum atomic E-state index is -4.54. The van der Waals surface area contributed by atoms with Crippen LogP contribution in [-0.2, 0) is 12.9 Å². The van der Waals surface area contributed by atoms with Crippen LogP contribution in [0.5, 0.6) is 0 Å². The van der Waals surface area contributed by atoms with Gasteiger partial charge in [0.15, 0.2) is 0 Å². The lowest BCUT2D eigenvalue weighted by Crippen LogP contribution is -2.09. The summed E-state index contributed by atoms with van der Waals surface area (Å²) in [6, 6.07) is 3.01. The first-order valence-electron chi connectivity index (χ1n) is 3.46. The Morgan fingerprint density at radius 3 is 2.31 bits per heavy atom. The fourth-order valence-corrected chi connectivity index (χ4v) is 0.974. The summed E-state index contributed by atoms with van der Waals surface area (Å²) in [7, 11) is 0. The monoisotopic (exact) mass is 193 g/mol. The minimum absolute atomic E-state index is 0.0236. The van der Waals surface area contributed by atoms with E-state index >= 15 is 0 Å². The average molecular weight is 193 g/mol. The summed E-state index contributed by atoms with van der Waals surface area (Å²) in [5, 5.41) is 0. The Hall–Kier alpha value is -1.26. The number of hydrogen-bond donors (Lipinski definition) is 1. The molecule has 13 heavy (non-hydrogen) atoms. The van der Waals surface area contributed by atoms with Gasteiger partial charge in [0.1, 0.15) is 6.67 Å². The van der Waals surface area contributed by atoms with E-state index in [1.54, 1.807) is 0 Å². The number of rotatable bonds is 1. The quantitative estimate of drug-likeness (QED) is 0.538. The van der Waals surface area contributed by atoms with Gasteiger partial charge in [-0.15, -0.1) is 0 Å². The maximum absolute atomic E-state index is 12.2. The van der Waals surface area contributed by atoms with Crippen LogP contribution in [0.25, 0.3) is 0 Å². The largest absolute Gasteiger partial charge is 0.416 e. The highest BCUT2D eigenvalue weighted by Gasteiger charge is 2.33. The molecule has 0 aromatic heterocycles. The van der Waals surface area contributed by atoms with E-state index in [2.05, 4.69) is 0 Å². The number of nitrogen functional groups attached to an aromatic ring is 1. The van der Waals surface area contributed by atoms with Crippen LogP contribution in [0, 0.1) is 0 Å². The molecule has 5 heteroatoms. The molecule has 0 heterocycles. The van der Waals surface area contributed by atoms with Crippen LogP contribution < -0.4 is 5.73 Å². The zero-order valence-electron chi connectivity index (χ0n) is 6.53. The van der Waals surface area contributed by atoms with E-state index in [-0.39, 0.29) is 11.3 Å². The number of halogens is 4. The van der Waals surface area contributed by atoms with Gasteiger partial charge >= 0.3 is 6.18 Å². The van der Waals surface area contributed by atoms with Crippen molar-refractivity contribution in [3.63, 3.8) is 0 Å². The SMILES string of the molecule is Nc1ccc(CF)c(C(F)(F)F)c1. The second kappa shape index (κ2) is 3.24. The van der Waals surface area contributed by atoms with Gasteiger partial charge < -0.3 is 5.73 Å². The predicted octanol–water partition coefficient (Wildman–Crippen LogP) is 2.76. The Labute approximate surface area is 72.2 Å². The third kappa shape index (κ3) is 2.11. The van der Waals surface area contributed by atoms with Crippen molar-refractivity contribution in [2.24, 2.45) is 0 Å². The number of alkyl halides is 4. The van der Waals surface area contributed by atoms with E-state index in [9.17, 15) is 17.6 Å². The zero-order valence-corrected chi connectivity index (χ0v) is 6.53. The summed E-state index contributed by atoms with van der Waals surface area (Å²) in [5.41, 5.74) is 3.74. The molecule has 0 fully saturated rings. The van der Waals surface area contributed by atoms with Crippen LogP contribution in [0.2, 0.25) is 0 Å². The van der Waals surface area contributed by atoms with E-state index in [0.717, 1.165) is 12.1 Å². The number of nitrogens with two attached hydrogens (primary N) is 1. The average Bonchev–Trinajstić information content (AvgIpc) is 2.03. The van der Waals surface area contributed by atoms with Crippen molar-refractivity contribution >= 4 is 5.69 Å². The van der Waals surface area contributed by atoms with Crippen molar-refractivity contribution in [1.82, 2.24) is 0 Å². The molecule has 0 amide bonds. The van der Waals surface area contributed by atoms with E-state index in [1.165, 1.54) is 6.07 Å². The third-order valence-electron chi connectivity index (χ3n) is 1.58. The first kappa shape index (κ1) is 9.83. The van der Waals surface area contributed by atoms with Gasteiger partial charge in [0, 0.05) is 5.69 Å². The fourth-order valence-electron chi connectivity index (χ4n) is 0.974. The maximum atomic E-state index is 12.2. The van der Waals surface area contributed by atoms with Crippen LogP contribution in [0.1, 0.15) is 11.1 Å². The van der Waals surface area contributed by atoms with E-state index in [0.29, 0.717) is 0 Å². The van der Waals surface area contributed by atoms with E-state index in [4.69, 9.17) is 5.73 Å². The maximum Gasteiger partial charge on any atom is 0.416 e. The molecule has 0 saturated heterocycles. The van der Waals surface area contributed by atoms with Gasteiger partial charge in [-0.05, 0) is 17.7 Å². The van der Waals surface area contributed by atoms with Crippen molar-refractivity contribution < 1.29 is 17.6 Å². The first-order chi connectivity index (χ1) is 5.95. The van der Waals surface area contributed by atoms with Gasteiger partial charge in [0.2, 0.25) is 0 Å². The smallest absolute Gasteiger partial charge is 0.399 e. The molecule has 0 atom stereocenters. The van der Waals surface area contributed by atoms with E-state index < -0.39 is 18.4 Å². The lowest BCUT2D eigenvalue weighted by molar-refractivity contribution is -0.138. The molecule has 0 aliphatic heterocycles. The van der Waals surface area contributed by atoms with Crippen LogP contribution in [-0.4, -0.2) is 0 Å². The molecule has 0 aliphatic rings. The van der Waals surface area contributed by atoms with Gasteiger partial charge in [-0.2, -0.15) is 13.2 Å². The molecule has 0 radical (unpaired) electrons. The number of benzene rings is 1. The fraction of sp³-hybridized carbons (Fsp3) is 0.250. The predicted molar refractivity (Wildman–Crippen MR) is 40.7 cm³/mol. The molecule has 1 aromatic carbocycles. The summed E-state index contributed by atoms with van der Waals surface area (Å²) >= 11 is 0. The molecular weight excluding hydrogens is 186 g/mol. The number of anilines is 1. The Kier molecular flexibility index (Phi) is 2.45. The summed E-state index contributed by atoms with van der Waals surface area (Å²) in [6.45, 7) is -1.14. The van der Waals surface area contributed by atoms with Crippen LogP contribution >= 0.6 is 0 Å². The molecule has 0 spiro atoms. The first-order valence-corrected chi connectivity index (χ1v) is 3.46. The molecular formula is C8H7F4N. The lowest BCUT2D eigenvalue weighted by Gasteiger charge is -2.10. The standard InChI is InChI=1S/C8H7F4N/c9-4-5-1-2-6(13)3-7(5)8(10,11)12/h1-3H,4,13H2. The zero-order chi connectivity index (χ0) is 10.1. The van der Waals surface area contributed by atoms with Crippen LogP contribution in [0.15, 0.2) is 18.2 Å². The molecule has 0 bridgehead atoms. The van der Waals surface area contributed by atoms with Gasteiger partial charge in [0.25, 0.3) is 0 Å². The molecule has 72 valence electrons. The van der Waals surface area contributed by atoms with Gasteiger partial charge in [0.05, 0.1) is 5.56 Å². The van der Waals surface area contributed by atoms with Crippen molar-refractivity contribution in [3.05, 3.63) is 29.3 Å². The lowest BCUT2D eigenvalue weighted by atomic mass is 10.1. The van der Waals surface area contributed by atoms with Crippen molar-refractivity contribution in [3.8, 4) is 0 Å². The van der Waals surface area contributed by atoms with Crippen LogP contribution in [0.4, 0.5) is 23.2 Å². The molecule has 1 aromatic rings. The topological polar surface area (TPSA) is 26.0 Å². The van der Waals surface area contributed by atoms with Crippen LogP contribution in [0.3, 0.4) is 0 Å². The Balaban J connectivity index is 3.24. The van der Waals surface area contributed by atoms with Gasteiger partial charge in [-0.3, -0.25) is 0 Å². The van der Waals surface area contributed by atoms with Crippen molar-refractivity contribution in [2.75, 3.05) is 5.73 Å². The summed E-state index contributed by atoms with van der Waals surface area (Å²) < 4.78 is 48.7. The summed E-state index contributed by atoms with van der Waals surface area (Å²) in [4.78, 5) is 0. The highest BCUT2D eigenvalue weighted by molar-refractivity contribution is 5.45. The highest BCUT2D eigenvalue weighted by atomic mass is 19.4. The van der Waals surface area contributed by atoms with Crippen molar-refractivity contribution in [2.45, 2.75) is 12.9 Å². The Morgan fingerprint density at radius 1 is 1.23 bits per heavy atom. The Morgan fingerprint density at radius 2 is 1.85 bits per heavy atom. The summed E-state index contributed by atoms with van der Waals surface area (Å²) in [5.74, 6) is 0. The molecule has 1 rings (SSSR count). The molecule has 0 aliphatic carbocycles. The Bertz CT molecular complexity index is 306. The molecule has 1 nitrogen and oxygen atoms in total. The minimum Gasteiger partial charge on any atom is -0.399 e. The van der Waals surface area contributed by atoms with Crippen molar-refractivity contribution in [1.29, 1.82) is 0 Å². The molecule has 0 saturated carbocycles. The second-order valence-corrected chi connectivity index (χ2v) is 2.55. The normalized spacial score (nSPS) is 11.7. The van der Waals surface area contributed by atoms with E-state index in [1.807, 2.05) is 0 Å². The highest BCUT2D eigenvalue weighted by Crippen LogP contribution is 2.33. The summed E-state index contributed by atoms with van der Waals surface area (Å²) in [6.07, 6.45) is -4.54. The molecule has 0 unspecified atom stereocenters. The molecule has 2 N–H and O–H groups in total. The second-order valence-electron chi connectivity index (χ2n) is 2.55.